The van der Waals surface area contributed by atoms with Crippen LogP contribution in [0, 0.1) is 5.41 Å². The molecule has 4 rings (SSSR count). The van der Waals surface area contributed by atoms with Crippen molar-refractivity contribution < 1.29 is 4.79 Å². The minimum Gasteiger partial charge on any atom is -0.340 e. The Hall–Kier alpha value is -2.21. The zero-order valence-corrected chi connectivity index (χ0v) is 15.5. The summed E-state index contributed by atoms with van der Waals surface area (Å²) in [7, 11) is 1.90. The molecule has 2 aliphatic heterocycles. The second kappa shape index (κ2) is 7.19. The molecule has 2 aromatic heterocycles. The van der Waals surface area contributed by atoms with Crippen molar-refractivity contribution in [1.29, 1.82) is 0 Å². The first-order valence-electron chi connectivity index (χ1n) is 9.52. The number of rotatable bonds is 3. The van der Waals surface area contributed by atoms with Gasteiger partial charge in [-0.3, -0.25) is 14.7 Å². The highest BCUT2D eigenvalue weighted by molar-refractivity contribution is 5.92. The Balaban J connectivity index is 1.44. The highest BCUT2D eigenvalue weighted by atomic mass is 16.2. The van der Waals surface area contributed by atoms with Crippen LogP contribution in [0.3, 0.4) is 0 Å². The van der Waals surface area contributed by atoms with Crippen molar-refractivity contribution in [3.05, 3.63) is 48.3 Å². The van der Waals surface area contributed by atoms with Gasteiger partial charge in [-0.05, 0) is 43.9 Å². The van der Waals surface area contributed by atoms with Gasteiger partial charge in [0.15, 0.2) is 0 Å². The maximum absolute atomic E-state index is 12.8. The molecule has 0 saturated carbocycles. The van der Waals surface area contributed by atoms with Crippen LogP contribution in [-0.4, -0.2) is 56.4 Å². The van der Waals surface area contributed by atoms with Gasteiger partial charge in [-0.15, -0.1) is 0 Å². The molecular weight excluding hydrogens is 326 g/mol. The Morgan fingerprint density at radius 3 is 2.81 bits per heavy atom. The van der Waals surface area contributed by atoms with Gasteiger partial charge < -0.3 is 9.47 Å². The van der Waals surface area contributed by atoms with Crippen molar-refractivity contribution >= 4 is 5.91 Å². The fourth-order valence-corrected chi connectivity index (χ4v) is 4.59. The van der Waals surface area contributed by atoms with E-state index in [0.717, 1.165) is 39.1 Å². The number of hydrogen-bond donors (Lipinski definition) is 0. The van der Waals surface area contributed by atoms with E-state index in [-0.39, 0.29) is 11.3 Å². The molecule has 1 unspecified atom stereocenters. The van der Waals surface area contributed by atoms with Crippen LogP contribution in [0.1, 0.15) is 41.7 Å². The van der Waals surface area contributed by atoms with E-state index >= 15 is 0 Å². The summed E-state index contributed by atoms with van der Waals surface area (Å²) >= 11 is 0. The van der Waals surface area contributed by atoms with Crippen molar-refractivity contribution in [2.24, 2.45) is 12.5 Å². The minimum atomic E-state index is 0.0778. The summed E-state index contributed by atoms with van der Waals surface area (Å²) in [5.74, 6) is 0.0778. The maximum atomic E-state index is 12.8. The van der Waals surface area contributed by atoms with Gasteiger partial charge in [0.2, 0.25) is 0 Å². The van der Waals surface area contributed by atoms with Gasteiger partial charge in [0, 0.05) is 57.2 Å². The van der Waals surface area contributed by atoms with E-state index in [1.165, 1.54) is 24.8 Å². The van der Waals surface area contributed by atoms with Crippen LogP contribution < -0.4 is 0 Å². The van der Waals surface area contributed by atoms with E-state index in [0.29, 0.717) is 5.69 Å². The quantitative estimate of drug-likeness (QED) is 0.850. The number of imidazole rings is 1. The monoisotopic (exact) mass is 353 g/mol. The third-order valence-corrected chi connectivity index (χ3v) is 5.74. The summed E-state index contributed by atoms with van der Waals surface area (Å²) in [5, 5.41) is 0. The molecule has 0 aromatic carbocycles. The number of hydrogen-bond acceptors (Lipinski definition) is 4. The summed E-state index contributed by atoms with van der Waals surface area (Å²) in [4.78, 5) is 25.9. The Morgan fingerprint density at radius 1 is 1.23 bits per heavy atom. The summed E-state index contributed by atoms with van der Waals surface area (Å²) in [5.41, 5.74) is 2.05. The van der Waals surface area contributed by atoms with Crippen LogP contribution >= 0.6 is 0 Å². The molecule has 1 spiro atoms. The molecule has 26 heavy (non-hydrogen) atoms. The van der Waals surface area contributed by atoms with E-state index in [4.69, 9.17) is 0 Å². The Kier molecular flexibility index (Phi) is 4.76. The van der Waals surface area contributed by atoms with Gasteiger partial charge in [-0.2, -0.15) is 0 Å². The van der Waals surface area contributed by atoms with Crippen LogP contribution in [-0.2, 0) is 13.6 Å². The molecule has 1 amide bonds. The Morgan fingerprint density at radius 2 is 2.08 bits per heavy atom. The second-order valence-corrected chi connectivity index (χ2v) is 7.93. The molecule has 0 N–H and O–H groups in total. The SMILES string of the molecule is Cn1cnc(C(=O)N2CCCC3(CCCN(Cc4cccnc4)C3)C2)c1. The van der Waals surface area contributed by atoms with Crippen LogP contribution in [0.5, 0.6) is 0 Å². The fraction of sp³-hybridized carbons (Fsp3) is 0.550. The van der Waals surface area contributed by atoms with Gasteiger partial charge in [-0.1, -0.05) is 6.07 Å². The molecule has 1 atom stereocenters. The molecule has 138 valence electrons. The molecule has 4 heterocycles. The molecule has 2 aliphatic rings. The lowest BCUT2D eigenvalue weighted by atomic mass is 9.73. The lowest BCUT2D eigenvalue weighted by Crippen LogP contribution is -2.53. The maximum Gasteiger partial charge on any atom is 0.274 e. The molecule has 6 heteroatoms. The predicted molar refractivity (Wildman–Crippen MR) is 99.5 cm³/mol. The largest absolute Gasteiger partial charge is 0.340 e. The molecule has 0 bridgehead atoms. The predicted octanol–water partition coefficient (Wildman–Crippen LogP) is 2.33. The number of carbonyl (C=O) groups excluding carboxylic acids is 1. The molecule has 0 aliphatic carbocycles. The zero-order valence-electron chi connectivity index (χ0n) is 15.5. The Labute approximate surface area is 154 Å². The van der Waals surface area contributed by atoms with Gasteiger partial charge in [-0.25, -0.2) is 4.98 Å². The second-order valence-electron chi connectivity index (χ2n) is 7.93. The van der Waals surface area contributed by atoms with E-state index in [1.807, 2.05) is 41.2 Å². The molecular formula is C20H27N5O. The lowest BCUT2D eigenvalue weighted by Gasteiger charge is -2.48. The van der Waals surface area contributed by atoms with Crippen molar-refractivity contribution in [3.63, 3.8) is 0 Å². The number of amides is 1. The van der Waals surface area contributed by atoms with Crippen LogP contribution in [0.25, 0.3) is 0 Å². The van der Waals surface area contributed by atoms with E-state index in [1.54, 1.807) is 6.33 Å². The van der Waals surface area contributed by atoms with E-state index in [2.05, 4.69) is 20.9 Å². The standard InChI is InChI=1S/C20H27N5O/c1-23-13-18(22-16-23)19(26)25-10-4-7-20(15-25)6-3-9-24(14-20)12-17-5-2-8-21-11-17/h2,5,8,11,13,16H,3-4,6-7,9-10,12,14-15H2,1H3. The van der Waals surface area contributed by atoms with Gasteiger partial charge >= 0.3 is 0 Å². The zero-order chi connectivity index (χ0) is 18.0. The van der Waals surface area contributed by atoms with E-state index in [9.17, 15) is 4.79 Å². The summed E-state index contributed by atoms with van der Waals surface area (Å²) in [6.07, 6.45) is 12.0. The molecule has 6 nitrogen and oxygen atoms in total. The number of pyridine rings is 1. The van der Waals surface area contributed by atoms with Crippen molar-refractivity contribution in [2.45, 2.75) is 32.2 Å². The van der Waals surface area contributed by atoms with Crippen molar-refractivity contribution in [2.75, 3.05) is 26.2 Å². The summed E-state index contributed by atoms with van der Waals surface area (Å²) in [6, 6.07) is 4.15. The highest BCUT2D eigenvalue weighted by Gasteiger charge is 2.40. The molecule has 2 aromatic rings. The first-order chi connectivity index (χ1) is 12.6. The van der Waals surface area contributed by atoms with Crippen LogP contribution in [0.4, 0.5) is 0 Å². The minimum absolute atomic E-state index is 0.0778. The number of piperidine rings is 2. The first kappa shape index (κ1) is 17.2. The number of aromatic nitrogens is 3. The van der Waals surface area contributed by atoms with Crippen molar-refractivity contribution in [3.8, 4) is 0 Å². The highest BCUT2D eigenvalue weighted by Crippen LogP contribution is 2.39. The average Bonchev–Trinajstić information content (AvgIpc) is 3.08. The average molecular weight is 353 g/mol. The first-order valence-corrected chi connectivity index (χ1v) is 9.52. The van der Waals surface area contributed by atoms with Gasteiger partial charge in [0.1, 0.15) is 5.69 Å². The Bertz CT molecular complexity index is 755. The number of nitrogens with zero attached hydrogens (tertiary/aromatic N) is 5. The number of likely N-dealkylation sites (tertiary alicyclic amines) is 2. The number of aryl methyl sites for hydroxylation is 1. The van der Waals surface area contributed by atoms with Crippen molar-refractivity contribution in [1.82, 2.24) is 24.3 Å². The molecule has 2 fully saturated rings. The van der Waals surface area contributed by atoms with Crippen LogP contribution in [0.2, 0.25) is 0 Å². The van der Waals surface area contributed by atoms with Crippen LogP contribution in [0.15, 0.2) is 37.1 Å². The van der Waals surface area contributed by atoms with E-state index < -0.39 is 0 Å². The van der Waals surface area contributed by atoms with Gasteiger partial charge in [0.05, 0.1) is 6.33 Å². The normalized spacial score (nSPS) is 24.1. The smallest absolute Gasteiger partial charge is 0.274 e. The molecule has 2 saturated heterocycles. The number of carbonyl (C=O) groups is 1. The fourth-order valence-electron chi connectivity index (χ4n) is 4.59. The lowest BCUT2D eigenvalue weighted by molar-refractivity contribution is 0.0111. The third-order valence-electron chi connectivity index (χ3n) is 5.74. The summed E-state index contributed by atoms with van der Waals surface area (Å²) < 4.78 is 1.84. The summed E-state index contributed by atoms with van der Waals surface area (Å²) in [6.45, 7) is 4.84. The van der Waals surface area contributed by atoms with Gasteiger partial charge in [0.25, 0.3) is 5.91 Å². The molecule has 0 radical (unpaired) electrons. The topological polar surface area (TPSA) is 54.3 Å². The third kappa shape index (κ3) is 3.65.